The van der Waals surface area contributed by atoms with Crippen LogP contribution in [0.5, 0.6) is 0 Å². The van der Waals surface area contributed by atoms with Crippen LogP contribution in [-0.4, -0.2) is 69.2 Å². The molecule has 8 rings (SSSR count). The molecule has 4 heterocycles. The molecule has 4 aromatic heterocycles. The molecule has 4 aromatic carbocycles. The third-order valence-electron chi connectivity index (χ3n) is 17.5. The summed E-state index contributed by atoms with van der Waals surface area (Å²) >= 11 is 0. The van der Waals surface area contributed by atoms with Crippen molar-refractivity contribution in [1.29, 1.82) is 0 Å². The van der Waals surface area contributed by atoms with Gasteiger partial charge in [0, 0.05) is 116 Å². The van der Waals surface area contributed by atoms with Crippen molar-refractivity contribution in [2.24, 2.45) is 22.9 Å². The summed E-state index contributed by atoms with van der Waals surface area (Å²) in [5.74, 6) is 1.05. The molecule has 0 aliphatic heterocycles. The van der Waals surface area contributed by atoms with Crippen LogP contribution in [0.3, 0.4) is 0 Å². The Morgan fingerprint density at radius 2 is 0.467 bits per heavy atom. The first-order chi connectivity index (χ1) is 44.0. The minimum absolute atomic E-state index is 0.258. The number of aromatic nitrogens is 4. The van der Waals surface area contributed by atoms with Crippen molar-refractivity contribution in [3.63, 3.8) is 0 Å². The average molecular weight is 1230 g/mol. The minimum atomic E-state index is 0.258. The molecule has 0 aliphatic rings. The van der Waals surface area contributed by atoms with Gasteiger partial charge in [-0.15, -0.1) is 0 Å². The number of H-pyrrole nitrogens is 4. The largest absolute Gasteiger partial charge is 0.361 e. The molecule has 0 saturated carbocycles. The van der Waals surface area contributed by atoms with Crippen molar-refractivity contribution < 1.29 is 19.2 Å². The highest BCUT2D eigenvalue weighted by atomic mass is 16.1. The lowest BCUT2D eigenvalue weighted by Gasteiger charge is -2.04. The number of unbranched alkanes of at least 4 members (excludes halogenated alkanes) is 22. The fourth-order valence-electron chi connectivity index (χ4n) is 12.1. The van der Waals surface area contributed by atoms with E-state index >= 15 is 0 Å². The third kappa shape index (κ3) is 25.7. The molecular weight excluding hydrogens is 1110 g/mol. The summed E-state index contributed by atoms with van der Waals surface area (Å²) < 4.78 is 0. The van der Waals surface area contributed by atoms with E-state index in [2.05, 4.69) is 47.6 Å². The number of Topliss-reactive ketones (excluding diaryl/α,β-unsaturated/α-hetero) is 4. The Kier molecular flexibility index (Phi) is 36.4. The number of rotatable bonds is 42. The van der Waals surface area contributed by atoms with Crippen LogP contribution in [-0.2, 0) is 25.7 Å². The Hall–Kier alpha value is -6.44. The van der Waals surface area contributed by atoms with E-state index in [9.17, 15) is 19.2 Å². The number of nitrogens with two attached hydrogens (primary N) is 4. The topological polar surface area (TPSA) is 236 Å². The van der Waals surface area contributed by atoms with Gasteiger partial charge in [-0.25, -0.2) is 0 Å². The normalized spacial score (nSPS) is 11.2. The highest BCUT2D eigenvalue weighted by Crippen LogP contribution is 2.26. The lowest BCUT2D eigenvalue weighted by Crippen LogP contribution is -2.02. The van der Waals surface area contributed by atoms with Gasteiger partial charge in [-0.1, -0.05) is 169 Å². The molecule has 0 saturated heterocycles. The second-order valence-corrected chi connectivity index (χ2v) is 24.9. The summed E-state index contributed by atoms with van der Waals surface area (Å²) in [6, 6.07) is 23.9. The predicted octanol–water partition coefficient (Wildman–Crippen LogP) is 19.2. The number of nitrogens with one attached hydrogen (secondary N) is 4. The monoisotopic (exact) mass is 1230 g/mol. The average Bonchev–Trinajstić information content (AvgIpc) is 2.05. The van der Waals surface area contributed by atoms with E-state index in [4.69, 9.17) is 22.9 Å². The number of carbonyl (C=O) groups excluding carboxylic acids is 4. The molecule has 492 valence electrons. The van der Waals surface area contributed by atoms with Crippen LogP contribution in [0.1, 0.15) is 284 Å². The van der Waals surface area contributed by atoms with Gasteiger partial charge in [-0.05, 0) is 173 Å². The number of hydrogen-bond donors (Lipinski definition) is 8. The molecule has 12 heteroatoms. The summed E-state index contributed by atoms with van der Waals surface area (Å²) in [5.41, 5.74) is 35.1. The van der Waals surface area contributed by atoms with Crippen molar-refractivity contribution in [3.8, 4) is 0 Å². The number of hydrogen-bond acceptors (Lipinski definition) is 8. The van der Waals surface area contributed by atoms with Crippen molar-refractivity contribution in [2.45, 2.75) is 246 Å². The molecule has 12 N–H and O–H groups in total. The van der Waals surface area contributed by atoms with E-state index < -0.39 is 0 Å². The highest BCUT2D eigenvalue weighted by molar-refractivity contribution is 6.02. The number of ketones is 4. The fourth-order valence-corrected chi connectivity index (χ4v) is 12.1. The minimum Gasteiger partial charge on any atom is -0.361 e. The summed E-state index contributed by atoms with van der Waals surface area (Å²) in [4.78, 5) is 62.4. The van der Waals surface area contributed by atoms with Gasteiger partial charge in [0.05, 0.1) is 0 Å². The summed E-state index contributed by atoms with van der Waals surface area (Å²) in [5, 5.41) is 4.56. The molecule has 0 spiro atoms. The van der Waals surface area contributed by atoms with Crippen LogP contribution in [0.25, 0.3) is 43.6 Å². The van der Waals surface area contributed by atoms with Gasteiger partial charge in [0.25, 0.3) is 0 Å². The second-order valence-electron chi connectivity index (χ2n) is 24.9. The number of aromatic amines is 4. The summed E-state index contributed by atoms with van der Waals surface area (Å²) in [7, 11) is 0. The van der Waals surface area contributed by atoms with Crippen molar-refractivity contribution in [1.82, 2.24) is 19.9 Å². The van der Waals surface area contributed by atoms with Gasteiger partial charge in [-0.2, -0.15) is 0 Å². The van der Waals surface area contributed by atoms with Crippen molar-refractivity contribution in [2.75, 3.05) is 26.2 Å². The van der Waals surface area contributed by atoms with Gasteiger partial charge in [0.15, 0.2) is 23.1 Å². The molecule has 0 atom stereocenters. The van der Waals surface area contributed by atoms with Crippen molar-refractivity contribution >= 4 is 66.7 Å². The standard InChI is InChI=1S/C21H32N2O.C20H30N2O.C19H28N2O.C18H26N2O/c1-2-3-4-5-6-7-8-9-10-21(24)17-11-12-20-19(15-17)18(13-14-22)16-23-20;1-2-3-4-5-6-7-8-9-20(23)16-10-11-19-18(14-16)17(12-13-21)15-22-19;1-2-3-4-5-6-7-8-19(22)15-9-10-18-17(13-15)16(11-12-20)14-21-18;1-2-3-4-5-6-7-18(21)14-8-9-17-16(12-14)15(10-11-19)13-20-17/h11-12,15-16,23H,2-10,13-14,22H2,1H3;10-11,14-15,22H,2-9,12-13,21H2,1H3;9-10,13-14,21H,2-8,11-12,20H2,1H3;8-9,12-13,20H,2-7,10-11,19H2,1H3. The molecule has 12 nitrogen and oxygen atoms in total. The molecule has 0 fully saturated rings. The molecule has 0 radical (unpaired) electrons. The summed E-state index contributed by atoms with van der Waals surface area (Å²) in [6.07, 6.45) is 46.0. The maximum Gasteiger partial charge on any atom is 0.162 e. The smallest absolute Gasteiger partial charge is 0.162 e. The number of carbonyl (C=O) groups is 4. The summed E-state index contributed by atoms with van der Waals surface area (Å²) in [6.45, 7) is 11.4. The predicted molar refractivity (Wildman–Crippen MR) is 383 cm³/mol. The zero-order valence-corrected chi connectivity index (χ0v) is 56.1. The van der Waals surface area contributed by atoms with Crippen LogP contribution < -0.4 is 22.9 Å². The fraction of sp³-hybridized carbons (Fsp3) is 0.538. The second kappa shape index (κ2) is 44.1. The maximum absolute atomic E-state index is 12.4. The Labute approximate surface area is 540 Å². The maximum atomic E-state index is 12.4. The molecule has 90 heavy (non-hydrogen) atoms. The number of fused-ring (bicyclic) bond motifs is 4. The molecule has 0 unspecified atom stereocenters. The Balaban J connectivity index is 0.000000218. The van der Waals surface area contributed by atoms with E-state index in [1.165, 1.54) is 151 Å². The van der Waals surface area contributed by atoms with Crippen molar-refractivity contribution in [3.05, 3.63) is 142 Å². The Bertz CT molecular complexity index is 3300. The SMILES string of the molecule is CCCCCCCC(=O)c1ccc2[nH]cc(CCN)c2c1.CCCCCCCCC(=O)c1ccc2[nH]cc(CCN)c2c1.CCCCCCCCCC(=O)c1ccc2[nH]cc(CCN)c2c1.CCCCCCCCCCC(=O)c1ccc2[nH]cc(CCN)c2c1. The van der Waals surface area contributed by atoms with Gasteiger partial charge < -0.3 is 42.9 Å². The third-order valence-corrected chi connectivity index (χ3v) is 17.5. The first-order valence-corrected chi connectivity index (χ1v) is 35.4. The lowest BCUT2D eigenvalue weighted by atomic mass is 10.0. The first-order valence-electron chi connectivity index (χ1n) is 35.4. The quantitative estimate of drug-likeness (QED) is 0.0135. The molecule has 0 bridgehead atoms. The van der Waals surface area contributed by atoms with Crippen LogP contribution in [0, 0.1) is 0 Å². The van der Waals surface area contributed by atoms with Crippen LogP contribution >= 0.6 is 0 Å². The molecule has 8 aromatic rings. The van der Waals surface area contributed by atoms with E-state index in [-0.39, 0.29) is 23.1 Å². The zero-order chi connectivity index (χ0) is 64.6. The first kappa shape index (κ1) is 74.3. The van der Waals surface area contributed by atoms with Gasteiger partial charge in [-0.3, -0.25) is 19.2 Å². The van der Waals surface area contributed by atoms with E-state index in [1.54, 1.807) is 0 Å². The Morgan fingerprint density at radius 1 is 0.278 bits per heavy atom. The van der Waals surface area contributed by atoms with E-state index in [0.717, 1.165) is 130 Å². The Morgan fingerprint density at radius 3 is 0.656 bits per heavy atom. The molecular formula is C78H116N8O4. The van der Waals surface area contributed by atoms with Crippen LogP contribution in [0.15, 0.2) is 97.6 Å². The van der Waals surface area contributed by atoms with Gasteiger partial charge in [0.2, 0.25) is 0 Å². The lowest BCUT2D eigenvalue weighted by molar-refractivity contribution is 0.0971. The highest BCUT2D eigenvalue weighted by Gasteiger charge is 2.14. The zero-order valence-electron chi connectivity index (χ0n) is 56.1. The van der Waals surface area contributed by atoms with Crippen LogP contribution in [0.4, 0.5) is 0 Å². The van der Waals surface area contributed by atoms with E-state index in [0.29, 0.717) is 51.9 Å². The van der Waals surface area contributed by atoms with Gasteiger partial charge >= 0.3 is 0 Å². The molecule has 0 amide bonds. The molecule has 0 aliphatic carbocycles. The number of benzene rings is 4. The van der Waals surface area contributed by atoms with E-state index in [1.807, 2.05) is 97.6 Å². The van der Waals surface area contributed by atoms with Crippen LogP contribution in [0.2, 0.25) is 0 Å². The van der Waals surface area contributed by atoms with Gasteiger partial charge in [0.1, 0.15) is 0 Å².